The number of aromatic amines is 1. The summed E-state index contributed by atoms with van der Waals surface area (Å²) in [4.78, 5) is 134. The Hall–Kier alpha value is -7.24. The molecule has 1 aromatic carbocycles. The van der Waals surface area contributed by atoms with Gasteiger partial charge in [0.2, 0.25) is 53.2 Å². The van der Waals surface area contributed by atoms with Gasteiger partial charge in [0.1, 0.15) is 42.3 Å². The molecule has 1 heterocycles. The molecule has 0 aliphatic heterocycles. The number of nitrogens with zero attached hydrogens (tertiary/aromatic N) is 2. The first-order chi connectivity index (χ1) is 38.2. The minimum absolute atomic E-state index is 0.00364. The van der Waals surface area contributed by atoms with Crippen LogP contribution in [0.25, 0.3) is 10.9 Å². The fourth-order valence-electron chi connectivity index (χ4n) is 8.33. The maximum Gasteiger partial charge on any atom is 0.243 e. The highest BCUT2D eigenvalue weighted by Gasteiger charge is 2.34. The molecule has 0 bridgehead atoms. The van der Waals surface area contributed by atoms with Crippen molar-refractivity contribution in [3.05, 3.63) is 36.0 Å². The van der Waals surface area contributed by atoms with E-state index in [-0.39, 0.29) is 108 Å². The van der Waals surface area contributed by atoms with Crippen molar-refractivity contribution in [1.82, 2.24) is 47.5 Å². The summed E-state index contributed by atoms with van der Waals surface area (Å²) < 4.78 is 0. The third-order valence-corrected chi connectivity index (χ3v) is 13.3. The molecule has 0 spiro atoms. The van der Waals surface area contributed by atoms with Crippen molar-refractivity contribution in [2.45, 2.75) is 152 Å². The summed E-state index contributed by atoms with van der Waals surface area (Å²) in [7, 11) is 0. The summed E-state index contributed by atoms with van der Waals surface area (Å²) in [5.41, 5.74) is 46.4. The van der Waals surface area contributed by atoms with Crippen LogP contribution in [0.4, 0.5) is 0 Å². The Morgan fingerprint density at radius 2 is 0.925 bits per heavy atom. The van der Waals surface area contributed by atoms with E-state index in [1.54, 1.807) is 12.5 Å². The molecule has 0 aliphatic carbocycles. The van der Waals surface area contributed by atoms with Crippen molar-refractivity contribution < 1.29 is 43.2 Å². The van der Waals surface area contributed by atoms with E-state index in [9.17, 15) is 43.2 Å². The SMILES string of the molecule is CSCCC(NC(=O)C(CCCN=C(N)N)NC(=O)C(CCCN=C(N)N)NC(=O)CCNC(C)=O)C(=O)NC(CCCCN)C(=O)NC(Cc1c[nH]c2ccccc12)C(=O)NC(CCCCN)C(=O)NC(CCCCN)C(N)=O. The molecule has 2 rings (SSSR count). The number of amides is 9. The van der Waals surface area contributed by atoms with Gasteiger partial charge >= 0.3 is 0 Å². The predicted molar refractivity (Wildman–Crippen MR) is 310 cm³/mol. The van der Waals surface area contributed by atoms with Crippen molar-refractivity contribution in [1.29, 1.82) is 0 Å². The summed E-state index contributed by atoms with van der Waals surface area (Å²) in [6.45, 7) is 2.46. The second-order valence-corrected chi connectivity index (χ2v) is 20.2. The standard InChI is InChI=1S/C51H89N19O9S/c1-31(71)60-27-20-42(72)64-36(18-11-25-61-50(56)57)44(74)67-39(19-12-26-62-51(58)59)46(76)69-40(21-28-80-2)48(78)66-38(17-7-10-24-54)47(77)70-41(29-32-30-63-34-14-4-3-13-33(32)34)49(79)68-37(16-6-9-23-53)45(75)65-35(43(55)73)15-5-8-22-52/h3-4,13-14,30,35-41,63H,5-12,15-29,52-54H2,1-2H3,(H2,55,73)(H,60,71)(H,64,72)(H,65,75)(H,66,78)(H,67,74)(H,68,79)(H,69,76)(H,70,77)(H4,56,57,61)(H4,58,59,62). The highest BCUT2D eigenvalue weighted by atomic mass is 32.2. The van der Waals surface area contributed by atoms with Crippen molar-refractivity contribution in [3.63, 3.8) is 0 Å². The molecule has 1 aromatic heterocycles. The number of benzene rings is 1. The van der Waals surface area contributed by atoms with Crippen LogP contribution in [0.3, 0.4) is 0 Å². The average Bonchev–Trinajstić information content (AvgIpc) is 3.87. The summed E-state index contributed by atoms with van der Waals surface area (Å²) in [6.07, 6.45) is 7.15. The number of para-hydroxylation sites is 1. The Morgan fingerprint density at radius 3 is 1.36 bits per heavy atom. The number of carbonyl (C=O) groups is 9. The molecule has 0 aliphatic rings. The number of thioether (sulfide) groups is 1. The second-order valence-electron chi connectivity index (χ2n) is 19.2. The van der Waals surface area contributed by atoms with E-state index in [0.717, 1.165) is 10.9 Å². The molecule has 448 valence electrons. The molecular formula is C51H89N19O9S. The van der Waals surface area contributed by atoms with Crippen LogP contribution in [0.5, 0.6) is 0 Å². The Bertz CT molecular complexity index is 2350. The van der Waals surface area contributed by atoms with Gasteiger partial charge in [-0.1, -0.05) is 18.2 Å². The molecule has 7 atom stereocenters. The molecule has 2 aromatic rings. The first-order valence-corrected chi connectivity index (χ1v) is 28.5. The van der Waals surface area contributed by atoms with E-state index in [2.05, 4.69) is 57.5 Å². The molecule has 0 saturated heterocycles. The second kappa shape index (κ2) is 39.2. The number of guanidine groups is 2. The van der Waals surface area contributed by atoms with Gasteiger partial charge in [0.15, 0.2) is 11.9 Å². The van der Waals surface area contributed by atoms with Gasteiger partial charge in [-0.05, 0) is 133 Å². The summed E-state index contributed by atoms with van der Waals surface area (Å²) >= 11 is 1.39. The van der Waals surface area contributed by atoms with E-state index in [1.165, 1.54) is 18.7 Å². The van der Waals surface area contributed by atoms with Crippen LogP contribution >= 0.6 is 11.8 Å². The quantitative estimate of drug-likeness (QED) is 0.0173. The fraction of sp³-hybridized carbons (Fsp3) is 0.627. The molecule has 0 radical (unpaired) electrons. The van der Waals surface area contributed by atoms with Gasteiger partial charge in [-0.3, -0.25) is 53.1 Å². The monoisotopic (exact) mass is 1140 g/mol. The number of nitrogens with one attached hydrogen (secondary N) is 9. The number of nitrogens with two attached hydrogens (primary N) is 8. The van der Waals surface area contributed by atoms with Gasteiger partial charge in [0.05, 0.1) is 0 Å². The number of aliphatic imine (C=N–C) groups is 2. The van der Waals surface area contributed by atoms with Gasteiger partial charge in [-0.2, -0.15) is 11.8 Å². The van der Waals surface area contributed by atoms with Crippen molar-refractivity contribution in [3.8, 4) is 0 Å². The zero-order chi connectivity index (χ0) is 59.4. The van der Waals surface area contributed by atoms with Crippen molar-refractivity contribution in [2.75, 3.05) is 51.3 Å². The maximum atomic E-state index is 14.7. The van der Waals surface area contributed by atoms with Gasteiger partial charge in [0, 0.05) is 56.5 Å². The van der Waals surface area contributed by atoms with Crippen LogP contribution in [0.2, 0.25) is 0 Å². The molecule has 0 saturated carbocycles. The van der Waals surface area contributed by atoms with Crippen LogP contribution in [-0.4, -0.2) is 164 Å². The summed E-state index contributed by atoms with van der Waals surface area (Å²) in [5, 5.41) is 22.5. The van der Waals surface area contributed by atoms with Crippen LogP contribution in [0.15, 0.2) is 40.4 Å². The first kappa shape index (κ1) is 68.9. The highest BCUT2D eigenvalue weighted by Crippen LogP contribution is 2.20. The zero-order valence-electron chi connectivity index (χ0n) is 46.3. The predicted octanol–water partition coefficient (Wildman–Crippen LogP) is -3.64. The Kier molecular flexibility index (Phi) is 33.7. The van der Waals surface area contributed by atoms with Crippen LogP contribution in [0.1, 0.15) is 109 Å². The van der Waals surface area contributed by atoms with Crippen LogP contribution in [-0.2, 0) is 49.6 Å². The van der Waals surface area contributed by atoms with Crippen molar-refractivity contribution >= 4 is 87.7 Å². The number of aromatic nitrogens is 1. The summed E-state index contributed by atoms with van der Waals surface area (Å²) in [6, 6.07) is -1.21. The van der Waals surface area contributed by atoms with E-state index in [0.29, 0.717) is 62.9 Å². The lowest BCUT2D eigenvalue weighted by Gasteiger charge is -2.28. The van der Waals surface area contributed by atoms with Gasteiger partial charge in [0.25, 0.3) is 0 Å². The lowest BCUT2D eigenvalue weighted by atomic mass is 10.0. The third-order valence-electron chi connectivity index (χ3n) is 12.6. The Morgan fingerprint density at radius 1 is 0.525 bits per heavy atom. The van der Waals surface area contributed by atoms with Crippen LogP contribution in [0, 0.1) is 0 Å². The normalized spacial score (nSPS) is 13.6. The molecule has 28 nitrogen and oxygen atoms in total. The van der Waals surface area contributed by atoms with Gasteiger partial charge in [-0.25, -0.2) is 0 Å². The number of rotatable bonds is 42. The molecule has 0 fully saturated rings. The lowest BCUT2D eigenvalue weighted by molar-refractivity contribution is -0.136. The number of primary amides is 1. The maximum absolute atomic E-state index is 14.7. The third kappa shape index (κ3) is 27.6. The number of unbranched alkanes of at least 4 members (excludes halogenated alkanes) is 3. The van der Waals surface area contributed by atoms with E-state index >= 15 is 0 Å². The first-order valence-electron chi connectivity index (χ1n) is 27.1. The van der Waals surface area contributed by atoms with E-state index in [1.807, 2.05) is 24.3 Å². The molecule has 25 N–H and O–H groups in total. The number of hydrogen-bond acceptors (Lipinski definition) is 15. The van der Waals surface area contributed by atoms with Crippen molar-refractivity contribution in [2.24, 2.45) is 55.9 Å². The number of fused-ring (bicyclic) bond motifs is 1. The zero-order valence-corrected chi connectivity index (χ0v) is 47.1. The molecular weight excluding hydrogens is 1050 g/mol. The molecule has 80 heavy (non-hydrogen) atoms. The van der Waals surface area contributed by atoms with Gasteiger partial charge in [-0.15, -0.1) is 0 Å². The Labute approximate surface area is 472 Å². The van der Waals surface area contributed by atoms with Crippen LogP contribution < -0.4 is 88.4 Å². The number of hydrogen-bond donors (Lipinski definition) is 17. The highest BCUT2D eigenvalue weighted by molar-refractivity contribution is 7.98. The topological polar surface area (TPSA) is 499 Å². The minimum atomic E-state index is -1.33. The fourth-order valence-corrected chi connectivity index (χ4v) is 8.80. The largest absolute Gasteiger partial charge is 0.370 e. The van der Waals surface area contributed by atoms with E-state index in [4.69, 9.17) is 45.9 Å². The molecule has 9 amide bonds. The average molecular weight is 1140 g/mol. The lowest BCUT2D eigenvalue weighted by Crippen LogP contribution is -2.60. The minimum Gasteiger partial charge on any atom is -0.370 e. The molecule has 29 heteroatoms. The smallest absolute Gasteiger partial charge is 0.243 e. The van der Waals surface area contributed by atoms with Gasteiger partial charge < -0.3 is 93.4 Å². The summed E-state index contributed by atoms with van der Waals surface area (Å²) in [5.74, 6) is -6.09. The Balaban J connectivity index is 2.55. The molecule has 7 unspecified atom stereocenters. The van der Waals surface area contributed by atoms with E-state index < -0.39 is 89.6 Å². The number of H-pyrrole nitrogens is 1. The number of carbonyl (C=O) groups excluding carboxylic acids is 9.